The number of nitrogens with zero attached hydrogens (tertiary/aromatic N) is 3. The lowest BCUT2D eigenvalue weighted by atomic mass is 9.91. The van der Waals surface area contributed by atoms with E-state index in [-0.39, 0.29) is 29.7 Å². The molecule has 0 bridgehead atoms. The fourth-order valence-electron chi connectivity index (χ4n) is 8.12. The van der Waals surface area contributed by atoms with Gasteiger partial charge in [0.05, 0.1) is 0 Å². The van der Waals surface area contributed by atoms with Crippen molar-refractivity contribution >= 4 is 45.2 Å². The van der Waals surface area contributed by atoms with E-state index in [1.54, 1.807) is 0 Å². The summed E-state index contributed by atoms with van der Waals surface area (Å²) in [7, 11) is 0. The predicted molar refractivity (Wildman–Crippen MR) is 178 cm³/mol. The molecule has 0 fully saturated rings. The lowest BCUT2D eigenvalue weighted by Gasteiger charge is -2.32. The first-order valence-electron chi connectivity index (χ1n) is 16.7. The van der Waals surface area contributed by atoms with Gasteiger partial charge in [0.2, 0.25) is 0 Å². The van der Waals surface area contributed by atoms with Gasteiger partial charge < -0.3 is 5.32 Å². The lowest BCUT2D eigenvalue weighted by Crippen LogP contribution is -2.46. The van der Waals surface area contributed by atoms with Gasteiger partial charge in [-0.25, -0.2) is 0 Å². The SMILES string of the molecule is CC(C)N(CCCNCCN1C(=O)c2ccc3c4c(ccc(c24)C1=O)CC3)CCN1C(=O)c2ccc3c4c(ccc(c24)C1=O)CC3. The number of hydrogen-bond acceptors (Lipinski definition) is 6. The maximum Gasteiger partial charge on any atom is 0.261 e. The number of imide groups is 2. The minimum atomic E-state index is -0.213. The van der Waals surface area contributed by atoms with Gasteiger partial charge in [0.1, 0.15) is 0 Å². The van der Waals surface area contributed by atoms with E-state index in [4.69, 9.17) is 0 Å². The average molecular weight is 615 g/mol. The Balaban J connectivity index is 0.853. The van der Waals surface area contributed by atoms with Gasteiger partial charge in [0.15, 0.2) is 0 Å². The Hall–Kier alpha value is -4.40. The maximum absolute atomic E-state index is 13.5. The molecule has 46 heavy (non-hydrogen) atoms. The van der Waals surface area contributed by atoms with E-state index in [0.29, 0.717) is 48.4 Å². The fraction of sp³-hybridized carbons (Fsp3) is 0.368. The zero-order valence-electron chi connectivity index (χ0n) is 26.4. The van der Waals surface area contributed by atoms with Crippen LogP contribution < -0.4 is 5.32 Å². The van der Waals surface area contributed by atoms with Crippen LogP contribution in [0.1, 0.15) is 84.0 Å². The molecule has 1 N–H and O–H groups in total. The van der Waals surface area contributed by atoms with Crippen molar-refractivity contribution in [1.82, 2.24) is 20.0 Å². The van der Waals surface area contributed by atoms with Gasteiger partial charge in [-0.05, 0) is 116 Å². The largest absolute Gasteiger partial charge is 0.315 e. The zero-order valence-corrected chi connectivity index (χ0v) is 26.4. The Labute approximate surface area is 268 Å². The van der Waals surface area contributed by atoms with E-state index in [9.17, 15) is 19.2 Å². The number of nitrogens with one attached hydrogen (secondary N) is 1. The third-order valence-electron chi connectivity index (χ3n) is 10.5. The van der Waals surface area contributed by atoms with Crippen molar-refractivity contribution < 1.29 is 19.2 Å². The Morgan fingerprint density at radius 2 is 0.978 bits per heavy atom. The molecule has 4 aromatic carbocycles. The van der Waals surface area contributed by atoms with Crippen molar-refractivity contribution in [3.63, 3.8) is 0 Å². The summed E-state index contributed by atoms with van der Waals surface area (Å²) < 4.78 is 0. The molecule has 0 aromatic heterocycles. The van der Waals surface area contributed by atoms with E-state index in [2.05, 4.69) is 36.2 Å². The maximum atomic E-state index is 13.5. The van der Waals surface area contributed by atoms with Crippen molar-refractivity contribution in [2.24, 2.45) is 0 Å². The van der Waals surface area contributed by atoms with Gasteiger partial charge in [-0.3, -0.25) is 33.9 Å². The molecule has 0 saturated heterocycles. The summed E-state index contributed by atoms with van der Waals surface area (Å²) in [6.07, 6.45) is 4.69. The van der Waals surface area contributed by atoms with Crippen LogP contribution in [0.25, 0.3) is 21.5 Å². The molecular weight excluding hydrogens is 576 g/mol. The molecule has 8 rings (SSSR count). The predicted octanol–water partition coefficient (Wildman–Crippen LogP) is 4.77. The summed E-state index contributed by atoms with van der Waals surface area (Å²) in [5.41, 5.74) is 7.44. The van der Waals surface area contributed by atoms with Crippen molar-refractivity contribution in [3.8, 4) is 0 Å². The van der Waals surface area contributed by atoms with Crippen molar-refractivity contribution in [1.29, 1.82) is 0 Å². The Morgan fingerprint density at radius 1 is 0.565 bits per heavy atom. The highest BCUT2D eigenvalue weighted by molar-refractivity contribution is 6.27. The normalized spacial score (nSPS) is 16.4. The summed E-state index contributed by atoms with van der Waals surface area (Å²) in [5, 5.41) is 7.30. The van der Waals surface area contributed by atoms with Gasteiger partial charge in [-0.15, -0.1) is 0 Å². The molecule has 4 aromatic rings. The van der Waals surface area contributed by atoms with Crippen molar-refractivity contribution in [2.45, 2.75) is 52.0 Å². The molecular formula is C38H38N4O4. The molecule has 0 saturated carbocycles. The highest BCUT2D eigenvalue weighted by Crippen LogP contribution is 2.39. The minimum absolute atomic E-state index is 0.201. The molecule has 8 heteroatoms. The molecule has 2 heterocycles. The van der Waals surface area contributed by atoms with Crippen LogP contribution in [-0.2, 0) is 25.7 Å². The van der Waals surface area contributed by atoms with Gasteiger partial charge >= 0.3 is 0 Å². The second-order valence-electron chi connectivity index (χ2n) is 13.3. The van der Waals surface area contributed by atoms with Gasteiger partial charge in [-0.2, -0.15) is 0 Å². The molecule has 4 amide bonds. The number of carbonyl (C=O) groups is 4. The van der Waals surface area contributed by atoms with E-state index >= 15 is 0 Å². The summed E-state index contributed by atoms with van der Waals surface area (Å²) in [6.45, 7) is 7.52. The van der Waals surface area contributed by atoms with Crippen LogP contribution in [0.15, 0.2) is 48.5 Å². The van der Waals surface area contributed by atoms with Crippen LogP contribution in [0.3, 0.4) is 0 Å². The fourth-order valence-corrected chi connectivity index (χ4v) is 8.12. The van der Waals surface area contributed by atoms with E-state index in [0.717, 1.165) is 66.7 Å². The molecule has 2 aliphatic heterocycles. The molecule has 8 nitrogen and oxygen atoms in total. The Kier molecular flexibility index (Phi) is 7.03. The standard InChI is InChI=1S/C38H38N4O4/c1-22(2)40(20-21-42-37(45)29-14-10-25-6-7-26-11-15-30(38(42)46)34(29)32(25)26)18-3-16-39-17-19-41-35(43)27-12-8-23-4-5-24-9-13-28(36(41)44)33(27)31(23)24/h8-15,22,39H,3-7,16-21H2,1-2H3. The highest BCUT2D eigenvalue weighted by Gasteiger charge is 2.36. The van der Waals surface area contributed by atoms with E-state index < -0.39 is 0 Å². The van der Waals surface area contributed by atoms with Crippen LogP contribution in [0.4, 0.5) is 0 Å². The van der Waals surface area contributed by atoms with Gasteiger partial charge in [-0.1, -0.05) is 24.3 Å². The molecule has 0 spiro atoms. The third kappa shape index (κ3) is 4.42. The zero-order chi connectivity index (χ0) is 31.7. The number of amides is 4. The third-order valence-corrected chi connectivity index (χ3v) is 10.5. The summed E-state index contributed by atoms with van der Waals surface area (Å²) in [4.78, 5) is 58.9. The Bertz CT molecular complexity index is 1880. The first kappa shape index (κ1) is 29.0. The van der Waals surface area contributed by atoms with Crippen LogP contribution in [0.5, 0.6) is 0 Å². The van der Waals surface area contributed by atoms with E-state index in [1.165, 1.54) is 32.1 Å². The van der Waals surface area contributed by atoms with Crippen LogP contribution in [-0.4, -0.2) is 83.6 Å². The monoisotopic (exact) mass is 614 g/mol. The second-order valence-corrected chi connectivity index (χ2v) is 13.3. The average Bonchev–Trinajstić information content (AvgIpc) is 3.68. The quantitative estimate of drug-likeness (QED) is 0.193. The molecule has 0 atom stereocenters. The van der Waals surface area contributed by atoms with Crippen LogP contribution >= 0.6 is 0 Å². The molecule has 2 aliphatic carbocycles. The number of hydrogen-bond donors (Lipinski definition) is 1. The number of carbonyl (C=O) groups excluding carboxylic acids is 4. The molecule has 4 aliphatic rings. The molecule has 0 unspecified atom stereocenters. The first-order valence-corrected chi connectivity index (χ1v) is 16.7. The lowest BCUT2D eigenvalue weighted by molar-refractivity contribution is 0.0579. The summed E-state index contributed by atoms with van der Waals surface area (Å²) >= 11 is 0. The van der Waals surface area contributed by atoms with Crippen molar-refractivity contribution in [2.75, 3.05) is 39.3 Å². The van der Waals surface area contributed by atoms with E-state index in [1.807, 2.05) is 36.4 Å². The van der Waals surface area contributed by atoms with Gasteiger partial charge in [0.25, 0.3) is 23.6 Å². The second kappa shape index (κ2) is 11.1. The first-order chi connectivity index (χ1) is 22.3. The topological polar surface area (TPSA) is 90.0 Å². The van der Waals surface area contributed by atoms with Gasteiger partial charge in [0, 0.05) is 65.2 Å². The number of aryl methyl sites for hydroxylation is 4. The smallest absolute Gasteiger partial charge is 0.261 e. The van der Waals surface area contributed by atoms with Crippen LogP contribution in [0, 0.1) is 0 Å². The Morgan fingerprint density at radius 3 is 1.39 bits per heavy atom. The van der Waals surface area contributed by atoms with Crippen LogP contribution in [0.2, 0.25) is 0 Å². The molecule has 234 valence electrons. The summed E-state index contributed by atoms with van der Waals surface area (Å²) in [5.74, 6) is -0.828. The minimum Gasteiger partial charge on any atom is -0.315 e. The van der Waals surface area contributed by atoms with Crippen molar-refractivity contribution in [3.05, 3.63) is 93.0 Å². The highest BCUT2D eigenvalue weighted by atomic mass is 16.2. The summed E-state index contributed by atoms with van der Waals surface area (Å²) in [6, 6.07) is 16.0. The number of benzene rings is 4. The molecule has 0 radical (unpaired) electrons. The number of rotatable bonds is 11.